The SMILES string of the molecule is CCn1c(C)c(C2(c3c(-c4ccccc4)nc4c(C)cccn34)OC(=O)c3ccccc32)c2ccccc21. The summed E-state index contributed by atoms with van der Waals surface area (Å²) >= 11 is 0. The smallest absolute Gasteiger partial charge is 0.340 e. The molecule has 6 aromatic rings. The van der Waals surface area contributed by atoms with Crippen molar-refractivity contribution >= 4 is 22.5 Å². The molecule has 0 radical (unpaired) electrons. The van der Waals surface area contributed by atoms with Crippen molar-refractivity contribution in [3.05, 3.63) is 131 Å². The molecule has 0 amide bonds. The number of esters is 1. The number of carbonyl (C=O) groups excluding carboxylic acids is 1. The van der Waals surface area contributed by atoms with Gasteiger partial charge in [0.25, 0.3) is 0 Å². The van der Waals surface area contributed by atoms with Crippen LogP contribution >= 0.6 is 0 Å². The Balaban J connectivity index is 1.73. The van der Waals surface area contributed by atoms with Gasteiger partial charge >= 0.3 is 5.97 Å². The number of cyclic esters (lactones) is 1. The number of fused-ring (bicyclic) bond motifs is 3. The molecular weight excluding hydrogens is 470 g/mol. The van der Waals surface area contributed by atoms with Crippen LogP contribution in [0.5, 0.6) is 0 Å². The summed E-state index contributed by atoms with van der Waals surface area (Å²) in [5.41, 5.74) is 7.91. The lowest BCUT2D eigenvalue weighted by Gasteiger charge is -2.31. The molecule has 4 heterocycles. The molecular formula is C33H27N3O2. The molecule has 0 saturated carbocycles. The molecule has 186 valence electrons. The number of aryl methyl sites for hydroxylation is 2. The second kappa shape index (κ2) is 8.18. The largest absolute Gasteiger partial charge is 0.439 e. The molecule has 1 atom stereocenters. The number of nitrogens with zero attached hydrogens (tertiary/aromatic N) is 3. The van der Waals surface area contributed by atoms with E-state index in [0.717, 1.165) is 62.4 Å². The highest BCUT2D eigenvalue weighted by Gasteiger charge is 2.54. The monoisotopic (exact) mass is 497 g/mol. The third-order valence-electron chi connectivity index (χ3n) is 7.90. The highest BCUT2D eigenvalue weighted by atomic mass is 16.6. The lowest BCUT2D eigenvalue weighted by atomic mass is 9.79. The zero-order valence-corrected chi connectivity index (χ0v) is 21.6. The fourth-order valence-corrected chi connectivity index (χ4v) is 6.32. The van der Waals surface area contributed by atoms with Crippen LogP contribution in [0.4, 0.5) is 0 Å². The number of hydrogen-bond donors (Lipinski definition) is 0. The Morgan fingerprint density at radius 3 is 2.42 bits per heavy atom. The average Bonchev–Trinajstić information content (AvgIpc) is 3.58. The molecule has 5 heteroatoms. The normalized spacial score (nSPS) is 16.8. The summed E-state index contributed by atoms with van der Waals surface area (Å²) in [6.07, 6.45) is 2.03. The first-order chi connectivity index (χ1) is 18.6. The molecule has 3 aromatic carbocycles. The summed E-state index contributed by atoms with van der Waals surface area (Å²) in [7, 11) is 0. The number of para-hydroxylation sites is 1. The van der Waals surface area contributed by atoms with Crippen molar-refractivity contribution in [2.45, 2.75) is 32.9 Å². The molecule has 0 aliphatic carbocycles. The first-order valence-corrected chi connectivity index (χ1v) is 13.0. The second-order valence-corrected chi connectivity index (χ2v) is 9.90. The van der Waals surface area contributed by atoms with E-state index in [1.807, 2.05) is 54.7 Å². The van der Waals surface area contributed by atoms with E-state index in [1.165, 1.54) is 0 Å². The molecule has 0 saturated heterocycles. The number of imidazole rings is 1. The summed E-state index contributed by atoms with van der Waals surface area (Å²) in [5, 5.41) is 1.07. The van der Waals surface area contributed by atoms with Crippen LogP contribution < -0.4 is 0 Å². The van der Waals surface area contributed by atoms with Gasteiger partial charge in [0.2, 0.25) is 5.60 Å². The van der Waals surface area contributed by atoms with Gasteiger partial charge in [-0.25, -0.2) is 9.78 Å². The number of pyridine rings is 1. The molecule has 38 heavy (non-hydrogen) atoms. The maximum atomic E-state index is 13.7. The van der Waals surface area contributed by atoms with E-state index < -0.39 is 5.60 Å². The van der Waals surface area contributed by atoms with Gasteiger partial charge in [0.15, 0.2) is 0 Å². The molecule has 0 bridgehead atoms. The van der Waals surface area contributed by atoms with E-state index in [0.29, 0.717) is 5.56 Å². The van der Waals surface area contributed by atoms with Crippen molar-refractivity contribution in [1.29, 1.82) is 0 Å². The first-order valence-electron chi connectivity index (χ1n) is 13.0. The van der Waals surface area contributed by atoms with Crippen molar-refractivity contribution in [2.75, 3.05) is 0 Å². The van der Waals surface area contributed by atoms with Gasteiger partial charge in [-0.15, -0.1) is 0 Å². The van der Waals surface area contributed by atoms with Crippen LogP contribution in [0.25, 0.3) is 27.8 Å². The van der Waals surface area contributed by atoms with Crippen LogP contribution in [0.2, 0.25) is 0 Å². The number of benzene rings is 3. The molecule has 1 aliphatic heterocycles. The summed E-state index contributed by atoms with van der Waals surface area (Å²) in [4.78, 5) is 18.9. The van der Waals surface area contributed by atoms with Crippen LogP contribution in [-0.2, 0) is 16.9 Å². The van der Waals surface area contributed by atoms with Gasteiger partial charge in [0.1, 0.15) is 11.3 Å². The minimum absolute atomic E-state index is 0.324. The molecule has 0 fully saturated rings. The van der Waals surface area contributed by atoms with Crippen LogP contribution in [0.1, 0.15) is 45.4 Å². The Morgan fingerprint density at radius 2 is 1.61 bits per heavy atom. The summed E-state index contributed by atoms with van der Waals surface area (Å²) in [6.45, 7) is 7.15. The number of rotatable bonds is 4. The number of ether oxygens (including phenoxy) is 1. The molecule has 3 aromatic heterocycles. The Labute approximate surface area is 221 Å². The standard InChI is InChI=1S/C33H27N3O2/c1-4-35-22(3)28(25-17-9-11-19-27(25)35)33(26-18-10-8-16-24(26)32(37)38-33)30-29(23-14-6-5-7-15-23)34-31-21(2)13-12-20-36(30)31/h5-20H,4H2,1-3H3. The predicted molar refractivity (Wildman–Crippen MR) is 149 cm³/mol. The molecule has 0 spiro atoms. The van der Waals surface area contributed by atoms with Gasteiger partial charge in [0.05, 0.1) is 11.3 Å². The number of hydrogen-bond acceptors (Lipinski definition) is 3. The fraction of sp³-hybridized carbons (Fsp3) is 0.152. The van der Waals surface area contributed by atoms with E-state index in [2.05, 4.69) is 72.2 Å². The van der Waals surface area contributed by atoms with Crippen LogP contribution in [0.3, 0.4) is 0 Å². The zero-order chi connectivity index (χ0) is 26.0. The fourth-order valence-electron chi connectivity index (χ4n) is 6.32. The predicted octanol–water partition coefficient (Wildman–Crippen LogP) is 7.06. The van der Waals surface area contributed by atoms with Gasteiger partial charge < -0.3 is 9.30 Å². The molecule has 0 N–H and O–H groups in total. The summed E-state index contributed by atoms with van der Waals surface area (Å²) < 4.78 is 11.1. The molecule has 1 unspecified atom stereocenters. The van der Waals surface area contributed by atoms with Crippen molar-refractivity contribution in [3.8, 4) is 11.3 Å². The van der Waals surface area contributed by atoms with E-state index in [-0.39, 0.29) is 5.97 Å². The zero-order valence-electron chi connectivity index (χ0n) is 21.6. The Bertz CT molecular complexity index is 1880. The van der Waals surface area contributed by atoms with Crippen molar-refractivity contribution < 1.29 is 9.53 Å². The number of aromatic nitrogens is 3. The Hall–Kier alpha value is -4.64. The maximum absolute atomic E-state index is 13.7. The van der Waals surface area contributed by atoms with Gasteiger partial charge in [0, 0.05) is 46.0 Å². The highest BCUT2D eigenvalue weighted by Crippen LogP contribution is 2.53. The Kier molecular flexibility index (Phi) is 4.86. The topological polar surface area (TPSA) is 48.5 Å². The highest BCUT2D eigenvalue weighted by molar-refractivity contribution is 5.99. The third-order valence-corrected chi connectivity index (χ3v) is 7.90. The minimum Gasteiger partial charge on any atom is -0.439 e. The molecule has 5 nitrogen and oxygen atoms in total. The van der Waals surface area contributed by atoms with E-state index in [9.17, 15) is 4.79 Å². The summed E-state index contributed by atoms with van der Waals surface area (Å²) in [5.74, 6) is -0.324. The molecule has 1 aliphatic rings. The van der Waals surface area contributed by atoms with Gasteiger partial charge in [-0.1, -0.05) is 72.8 Å². The van der Waals surface area contributed by atoms with Crippen LogP contribution in [0, 0.1) is 13.8 Å². The Morgan fingerprint density at radius 1 is 0.868 bits per heavy atom. The molecule has 7 rings (SSSR count). The van der Waals surface area contributed by atoms with Gasteiger partial charge in [-0.3, -0.25) is 4.40 Å². The average molecular weight is 498 g/mol. The van der Waals surface area contributed by atoms with E-state index >= 15 is 0 Å². The maximum Gasteiger partial charge on any atom is 0.340 e. The van der Waals surface area contributed by atoms with Gasteiger partial charge in [-0.2, -0.15) is 0 Å². The quantitative estimate of drug-likeness (QED) is 0.245. The minimum atomic E-state index is -1.20. The van der Waals surface area contributed by atoms with E-state index in [1.54, 1.807) is 0 Å². The van der Waals surface area contributed by atoms with Gasteiger partial charge in [-0.05, 0) is 44.5 Å². The van der Waals surface area contributed by atoms with Crippen molar-refractivity contribution in [2.24, 2.45) is 0 Å². The van der Waals surface area contributed by atoms with Crippen molar-refractivity contribution in [3.63, 3.8) is 0 Å². The third kappa shape index (κ3) is 2.87. The number of carbonyl (C=O) groups is 1. The van der Waals surface area contributed by atoms with E-state index in [4.69, 9.17) is 9.72 Å². The lowest BCUT2D eigenvalue weighted by molar-refractivity contribution is 0.0240. The first kappa shape index (κ1) is 22.5. The summed E-state index contributed by atoms with van der Waals surface area (Å²) in [6, 6.07) is 30.4. The van der Waals surface area contributed by atoms with Crippen molar-refractivity contribution in [1.82, 2.24) is 14.0 Å². The van der Waals surface area contributed by atoms with Crippen LogP contribution in [0.15, 0.2) is 97.2 Å². The van der Waals surface area contributed by atoms with Crippen LogP contribution in [-0.4, -0.2) is 19.9 Å². The second-order valence-electron chi connectivity index (χ2n) is 9.90. The lowest BCUT2D eigenvalue weighted by Crippen LogP contribution is -2.32.